The first kappa shape index (κ1) is 12.6. The summed E-state index contributed by atoms with van der Waals surface area (Å²) < 4.78 is 8.99. The maximum Gasteiger partial charge on any atom is 0.138 e. The SMILES string of the molecule is CN1CCC=C(c2nsnc2SCC2CCC2)C1. The summed E-state index contributed by atoms with van der Waals surface area (Å²) in [5.41, 5.74) is 2.52. The van der Waals surface area contributed by atoms with Crippen molar-refractivity contribution in [1.29, 1.82) is 0 Å². The highest BCUT2D eigenvalue weighted by molar-refractivity contribution is 7.99. The Hall–Kier alpha value is -0.390. The Morgan fingerprint density at radius 1 is 1.44 bits per heavy atom. The van der Waals surface area contributed by atoms with E-state index in [0.29, 0.717) is 0 Å². The van der Waals surface area contributed by atoms with E-state index in [1.54, 1.807) is 0 Å². The molecule has 1 saturated carbocycles. The Balaban J connectivity index is 1.68. The molecule has 1 aliphatic carbocycles. The molecular weight excluding hydrogens is 262 g/mol. The molecule has 3 nitrogen and oxygen atoms in total. The van der Waals surface area contributed by atoms with Crippen LogP contribution in [-0.4, -0.2) is 39.5 Å². The largest absolute Gasteiger partial charge is 0.302 e. The number of nitrogens with zero attached hydrogens (tertiary/aromatic N) is 3. The van der Waals surface area contributed by atoms with Crippen LogP contribution in [0.1, 0.15) is 31.4 Å². The zero-order valence-electron chi connectivity index (χ0n) is 10.8. The number of hydrogen-bond acceptors (Lipinski definition) is 5. The fourth-order valence-electron chi connectivity index (χ4n) is 2.39. The first-order valence-electron chi connectivity index (χ1n) is 6.66. The quantitative estimate of drug-likeness (QED) is 0.793. The van der Waals surface area contributed by atoms with Crippen molar-refractivity contribution < 1.29 is 0 Å². The van der Waals surface area contributed by atoms with Gasteiger partial charge in [-0.15, -0.1) is 11.8 Å². The minimum atomic E-state index is 0.924. The molecule has 5 heteroatoms. The van der Waals surface area contributed by atoms with Crippen LogP contribution in [0.2, 0.25) is 0 Å². The first-order valence-corrected chi connectivity index (χ1v) is 8.38. The van der Waals surface area contributed by atoms with E-state index in [1.165, 1.54) is 42.3 Å². The fraction of sp³-hybridized carbons (Fsp3) is 0.692. The molecule has 1 aromatic rings. The molecule has 1 fully saturated rings. The summed E-state index contributed by atoms with van der Waals surface area (Å²) in [6.45, 7) is 2.17. The Morgan fingerprint density at radius 2 is 2.33 bits per heavy atom. The number of likely N-dealkylation sites (N-methyl/N-ethyl adjacent to an activating group) is 1. The van der Waals surface area contributed by atoms with Gasteiger partial charge in [-0.1, -0.05) is 12.5 Å². The molecule has 98 valence electrons. The molecule has 0 amide bonds. The van der Waals surface area contributed by atoms with E-state index in [2.05, 4.69) is 26.8 Å². The van der Waals surface area contributed by atoms with E-state index >= 15 is 0 Å². The van der Waals surface area contributed by atoms with E-state index in [0.717, 1.165) is 36.1 Å². The zero-order chi connectivity index (χ0) is 12.4. The lowest BCUT2D eigenvalue weighted by Crippen LogP contribution is -2.25. The van der Waals surface area contributed by atoms with Crippen LogP contribution in [0.25, 0.3) is 5.57 Å². The molecule has 0 bridgehead atoms. The van der Waals surface area contributed by atoms with E-state index < -0.39 is 0 Å². The minimum Gasteiger partial charge on any atom is -0.302 e. The van der Waals surface area contributed by atoms with Crippen LogP contribution in [0.5, 0.6) is 0 Å². The molecule has 0 spiro atoms. The van der Waals surface area contributed by atoms with Crippen LogP contribution in [-0.2, 0) is 0 Å². The monoisotopic (exact) mass is 281 g/mol. The van der Waals surface area contributed by atoms with Crippen molar-refractivity contribution in [2.45, 2.75) is 30.7 Å². The van der Waals surface area contributed by atoms with Crippen LogP contribution in [0, 0.1) is 5.92 Å². The van der Waals surface area contributed by atoms with Crippen LogP contribution in [0.4, 0.5) is 0 Å². The molecule has 0 unspecified atom stereocenters. The van der Waals surface area contributed by atoms with Gasteiger partial charge in [0, 0.05) is 18.8 Å². The summed E-state index contributed by atoms with van der Waals surface area (Å²) in [7, 11) is 2.17. The van der Waals surface area contributed by atoms with Crippen LogP contribution in [0.15, 0.2) is 11.1 Å². The van der Waals surface area contributed by atoms with Crippen LogP contribution >= 0.6 is 23.5 Å². The lowest BCUT2D eigenvalue weighted by molar-refractivity contribution is 0.353. The van der Waals surface area contributed by atoms with Gasteiger partial charge in [0.05, 0.1) is 11.7 Å². The standard InChI is InChI=1S/C13H19N3S2/c1-16-7-3-6-11(8-16)12-13(15-18-14-12)17-9-10-4-2-5-10/h6,10H,2-5,7-9H2,1H3. The normalized spacial score (nSPS) is 21.7. The van der Waals surface area contributed by atoms with E-state index in [-0.39, 0.29) is 0 Å². The second-order valence-electron chi connectivity index (χ2n) is 5.28. The molecule has 1 aliphatic heterocycles. The van der Waals surface area contributed by atoms with Gasteiger partial charge in [-0.2, -0.15) is 8.75 Å². The molecule has 0 N–H and O–H groups in total. The smallest absolute Gasteiger partial charge is 0.138 e. The van der Waals surface area contributed by atoms with Gasteiger partial charge in [0.15, 0.2) is 0 Å². The Labute approximate surface area is 117 Å². The third kappa shape index (κ3) is 2.78. The second-order valence-corrected chi connectivity index (χ2v) is 6.82. The Kier molecular flexibility index (Phi) is 4.01. The predicted molar refractivity (Wildman–Crippen MR) is 78.1 cm³/mol. The van der Waals surface area contributed by atoms with Gasteiger partial charge < -0.3 is 4.90 Å². The third-order valence-electron chi connectivity index (χ3n) is 3.78. The van der Waals surface area contributed by atoms with E-state index in [1.807, 2.05) is 11.8 Å². The first-order chi connectivity index (χ1) is 8.83. The van der Waals surface area contributed by atoms with Gasteiger partial charge in [-0.05, 0) is 37.8 Å². The topological polar surface area (TPSA) is 29.0 Å². The fourth-order valence-corrected chi connectivity index (χ4v) is 4.29. The number of hydrogen-bond donors (Lipinski definition) is 0. The molecule has 1 aromatic heterocycles. The highest BCUT2D eigenvalue weighted by Crippen LogP contribution is 2.35. The molecule has 3 rings (SSSR count). The summed E-state index contributed by atoms with van der Waals surface area (Å²) in [6, 6.07) is 0. The van der Waals surface area contributed by atoms with Crippen molar-refractivity contribution in [3.05, 3.63) is 11.8 Å². The van der Waals surface area contributed by atoms with Gasteiger partial charge in [0.2, 0.25) is 0 Å². The van der Waals surface area contributed by atoms with Gasteiger partial charge >= 0.3 is 0 Å². The molecular formula is C13H19N3S2. The Morgan fingerprint density at radius 3 is 3.06 bits per heavy atom. The summed E-state index contributed by atoms with van der Waals surface area (Å²) in [5, 5.41) is 1.16. The number of thioether (sulfide) groups is 1. The van der Waals surface area contributed by atoms with Crippen LogP contribution < -0.4 is 0 Å². The highest BCUT2D eigenvalue weighted by atomic mass is 32.2. The second kappa shape index (κ2) is 5.72. The maximum absolute atomic E-state index is 4.51. The summed E-state index contributed by atoms with van der Waals surface area (Å²) in [4.78, 5) is 2.36. The molecule has 0 aromatic carbocycles. The summed E-state index contributed by atoms with van der Waals surface area (Å²) in [5.74, 6) is 2.15. The van der Waals surface area contributed by atoms with E-state index in [4.69, 9.17) is 0 Å². The molecule has 0 saturated heterocycles. The molecule has 2 aliphatic rings. The van der Waals surface area contributed by atoms with Crippen molar-refractivity contribution in [1.82, 2.24) is 13.6 Å². The van der Waals surface area contributed by atoms with Crippen molar-refractivity contribution in [3.63, 3.8) is 0 Å². The lowest BCUT2D eigenvalue weighted by Gasteiger charge is -2.25. The van der Waals surface area contributed by atoms with Crippen molar-refractivity contribution in [2.75, 3.05) is 25.9 Å². The maximum atomic E-state index is 4.51. The van der Waals surface area contributed by atoms with Gasteiger partial charge in [-0.25, -0.2) is 0 Å². The van der Waals surface area contributed by atoms with Crippen molar-refractivity contribution >= 4 is 29.1 Å². The van der Waals surface area contributed by atoms with Gasteiger partial charge in [0.25, 0.3) is 0 Å². The van der Waals surface area contributed by atoms with Gasteiger partial charge in [-0.3, -0.25) is 0 Å². The zero-order valence-corrected chi connectivity index (χ0v) is 12.4. The summed E-state index contributed by atoms with van der Waals surface area (Å²) in [6.07, 6.45) is 7.71. The van der Waals surface area contributed by atoms with Crippen LogP contribution in [0.3, 0.4) is 0 Å². The van der Waals surface area contributed by atoms with E-state index in [9.17, 15) is 0 Å². The molecule has 2 heterocycles. The molecule has 0 atom stereocenters. The van der Waals surface area contributed by atoms with Gasteiger partial charge in [0.1, 0.15) is 10.7 Å². The highest BCUT2D eigenvalue weighted by Gasteiger charge is 2.21. The molecule has 0 radical (unpaired) electrons. The number of rotatable bonds is 4. The predicted octanol–water partition coefficient (Wildman–Crippen LogP) is 3.15. The Bertz CT molecular complexity index is 437. The average molecular weight is 281 g/mol. The third-order valence-corrected chi connectivity index (χ3v) is 5.63. The average Bonchev–Trinajstić information content (AvgIpc) is 2.75. The lowest BCUT2D eigenvalue weighted by atomic mass is 9.87. The minimum absolute atomic E-state index is 0.924. The number of aromatic nitrogens is 2. The van der Waals surface area contributed by atoms with Crippen molar-refractivity contribution in [2.24, 2.45) is 5.92 Å². The molecule has 18 heavy (non-hydrogen) atoms. The van der Waals surface area contributed by atoms with Crippen molar-refractivity contribution in [3.8, 4) is 0 Å². The summed E-state index contributed by atoms with van der Waals surface area (Å²) >= 11 is 3.27.